The maximum absolute atomic E-state index is 12.4. The SMILES string of the molecule is Cc1cc([N+](=O)[O-])ccc1NC(=O)C1C(C=C(Cl)Cl)C1(C)C. The zero-order valence-electron chi connectivity index (χ0n) is 12.4. The zero-order valence-corrected chi connectivity index (χ0v) is 13.9. The van der Waals surface area contributed by atoms with E-state index >= 15 is 0 Å². The standard InChI is InChI=1S/C15H16Cl2N2O3/c1-8-6-9(19(21)22)4-5-11(8)18-14(20)13-10(7-12(16)17)15(13,2)3/h4-7,10,13H,1-3H3,(H,18,20). The maximum atomic E-state index is 12.4. The highest BCUT2D eigenvalue weighted by Gasteiger charge is 2.60. The number of hydrogen-bond donors (Lipinski definition) is 1. The Morgan fingerprint density at radius 3 is 2.55 bits per heavy atom. The monoisotopic (exact) mass is 342 g/mol. The highest BCUT2D eigenvalue weighted by Crippen LogP contribution is 2.60. The van der Waals surface area contributed by atoms with Gasteiger partial charge in [0.05, 0.1) is 10.8 Å². The molecule has 0 radical (unpaired) electrons. The lowest BCUT2D eigenvalue weighted by atomic mass is 10.1. The fourth-order valence-electron chi connectivity index (χ4n) is 2.74. The van der Waals surface area contributed by atoms with Gasteiger partial charge in [-0.3, -0.25) is 14.9 Å². The molecule has 0 saturated heterocycles. The Balaban J connectivity index is 2.14. The Morgan fingerprint density at radius 1 is 1.41 bits per heavy atom. The van der Waals surface area contributed by atoms with Crippen molar-refractivity contribution < 1.29 is 9.72 Å². The highest BCUT2D eigenvalue weighted by molar-refractivity contribution is 6.55. The zero-order chi connectivity index (χ0) is 16.7. The molecule has 1 N–H and O–H groups in total. The minimum Gasteiger partial charge on any atom is -0.326 e. The number of anilines is 1. The quantitative estimate of drug-likeness (QED) is 0.649. The number of nitro benzene ring substituents is 1. The molecule has 0 aromatic heterocycles. The van der Waals surface area contributed by atoms with Crippen LogP contribution in [0.1, 0.15) is 19.4 Å². The van der Waals surface area contributed by atoms with Crippen molar-refractivity contribution in [3.05, 3.63) is 44.4 Å². The first kappa shape index (κ1) is 16.8. The number of carbonyl (C=O) groups is 1. The number of nitrogens with zero attached hydrogens (tertiary/aromatic N) is 1. The molecule has 1 saturated carbocycles. The van der Waals surface area contributed by atoms with Crippen LogP contribution < -0.4 is 5.32 Å². The Kier molecular flexibility index (Phi) is 4.49. The molecule has 2 unspecified atom stereocenters. The summed E-state index contributed by atoms with van der Waals surface area (Å²) < 4.78 is 0.153. The molecule has 0 spiro atoms. The fraction of sp³-hybridized carbons (Fsp3) is 0.400. The van der Waals surface area contributed by atoms with Crippen LogP contribution in [-0.2, 0) is 4.79 Å². The summed E-state index contributed by atoms with van der Waals surface area (Å²) in [6.07, 6.45) is 1.68. The van der Waals surface area contributed by atoms with Gasteiger partial charge in [0.2, 0.25) is 5.91 Å². The molecule has 1 aromatic rings. The van der Waals surface area contributed by atoms with Gasteiger partial charge in [-0.15, -0.1) is 0 Å². The second-order valence-electron chi connectivity index (χ2n) is 6.03. The van der Waals surface area contributed by atoms with Gasteiger partial charge in [-0.05, 0) is 36.0 Å². The van der Waals surface area contributed by atoms with Crippen LogP contribution in [0.3, 0.4) is 0 Å². The van der Waals surface area contributed by atoms with E-state index in [4.69, 9.17) is 23.2 Å². The molecule has 1 fully saturated rings. The summed E-state index contributed by atoms with van der Waals surface area (Å²) in [5, 5.41) is 13.5. The van der Waals surface area contributed by atoms with E-state index in [9.17, 15) is 14.9 Å². The van der Waals surface area contributed by atoms with Gasteiger partial charge < -0.3 is 5.32 Å². The van der Waals surface area contributed by atoms with Gasteiger partial charge in [-0.1, -0.05) is 37.0 Å². The normalized spacial score (nSPS) is 21.9. The fourth-order valence-corrected chi connectivity index (χ4v) is 3.01. The number of halogens is 2. The topological polar surface area (TPSA) is 72.2 Å². The second kappa shape index (κ2) is 5.89. The minimum absolute atomic E-state index is 0.00279. The third-order valence-electron chi connectivity index (χ3n) is 4.18. The molecule has 1 amide bonds. The Bertz CT molecular complexity index is 667. The molecule has 0 heterocycles. The van der Waals surface area contributed by atoms with Gasteiger partial charge in [0.15, 0.2) is 0 Å². The summed E-state index contributed by atoms with van der Waals surface area (Å²) in [6.45, 7) is 5.66. The van der Waals surface area contributed by atoms with Crippen molar-refractivity contribution in [3.63, 3.8) is 0 Å². The van der Waals surface area contributed by atoms with E-state index in [2.05, 4.69) is 5.32 Å². The first-order valence-electron chi connectivity index (χ1n) is 6.73. The van der Waals surface area contributed by atoms with E-state index in [1.165, 1.54) is 12.1 Å². The molecule has 0 aliphatic heterocycles. The van der Waals surface area contributed by atoms with Crippen molar-refractivity contribution >= 4 is 40.5 Å². The van der Waals surface area contributed by atoms with Crippen molar-refractivity contribution in [2.75, 3.05) is 5.32 Å². The van der Waals surface area contributed by atoms with E-state index in [0.717, 1.165) is 0 Å². The molecule has 2 atom stereocenters. The molecule has 5 nitrogen and oxygen atoms in total. The summed E-state index contributed by atoms with van der Waals surface area (Å²) in [6, 6.07) is 4.34. The lowest BCUT2D eigenvalue weighted by molar-refractivity contribution is -0.384. The number of non-ortho nitro benzene ring substituents is 1. The Morgan fingerprint density at radius 2 is 2.05 bits per heavy atom. The molecule has 1 aliphatic carbocycles. The molecule has 0 bridgehead atoms. The second-order valence-corrected chi connectivity index (χ2v) is 7.03. The lowest BCUT2D eigenvalue weighted by Gasteiger charge is -2.09. The number of benzene rings is 1. The van der Waals surface area contributed by atoms with Gasteiger partial charge in [-0.25, -0.2) is 0 Å². The van der Waals surface area contributed by atoms with Crippen LogP contribution in [0.2, 0.25) is 0 Å². The molecular weight excluding hydrogens is 327 g/mol. The van der Waals surface area contributed by atoms with Crippen molar-refractivity contribution in [2.24, 2.45) is 17.3 Å². The van der Waals surface area contributed by atoms with Crippen molar-refractivity contribution in [2.45, 2.75) is 20.8 Å². The molecule has 118 valence electrons. The highest BCUT2D eigenvalue weighted by atomic mass is 35.5. The summed E-state index contributed by atoms with van der Waals surface area (Å²) in [5.74, 6) is -0.386. The summed E-state index contributed by atoms with van der Waals surface area (Å²) in [4.78, 5) is 22.6. The van der Waals surface area contributed by atoms with Crippen molar-refractivity contribution in [1.82, 2.24) is 0 Å². The van der Waals surface area contributed by atoms with Gasteiger partial charge >= 0.3 is 0 Å². The van der Waals surface area contributed by atoms with Crippen LogP contribution in [0.15, 0.2) is 28.8 Å². The van der Waals surface area contributed by atoms with E-state index in [0.29, 0.717) is 11.3 Å². The molecule has 1 aromatic carbocycles. The first-order chi connectivity index (χ1) is 10.1. The van der Waals surface area contributed by atoms with Crippen LogP contribution >= 0.6 is 23.2 Å². The molecule has 7 heteroatoms. The van der Waals surface area contributed by atoms with E-state index in [1.807, 2.05) is 13.8 Å². The third-order valence-corrected chi connectivity index (χ3v) is 4.43. The summed E-state index contributed by atoms with van der Waals surface area (Å²) >= 11 is 11.3. The Labute approximate surface area is 138 Å². The minimum atomic E-state index is -0.466. The lowest BCUT2D eigenvalue weighted by Crippen LogP contribution is -2.17. The number of amides is 1. The number of rotatable bonds is 4. The number of nitrogens with one attached hydrogen (secondary N) is 1. The van der Waals surface area contributed by atoms with Crippen LogP contribution in [0.4, 0.5) is 11.4 Å². The van der Waals surface area contributed by atoms with Gasteiger partial charge in [0.1, 0.15) is 4.49 Å². The smallest absolute Gasteiger partial charge is 0.269 e. The van der Waals surface area contributed by atoms with E-state index < -0.39 is 4.92 Å². The molecule has 1 aliphatic rings. The average molecular weight is 343 g/mol. The van der Waals surface area contributed by atoms with Gasteiger partial charge in [0, 0.05) is 17.8 Å². The van der Waals surface area contributed by atoms with Crippen molar-refractivity contribution in [1.29, 1.82) is 0 Å². The van der Waals surface area contributed by atoms with Crippen LogP contribution in [0, 0.1) is 34.3 Å². The summed E-state index contributed by atoms with van der Waals surface area (Å²) in [7, 11) is 0. The predicted molar refractivity (Wildman–Crippen MR) is 87.0 cm³/mol. The van der Waals surface area contributed by atoms with Crippen LogP contribution in [-0.4, -0.2) is 10.8 Å². The Hall–Kier alpha value is -1.59. The largest absolute Gasteiger partial charge is 0.326 e. The number of aryl methyl sites for hydroxylation is 1. The number of nitro groups is 1. The van der Waals surface area contributed by atoms with Gasteiger partial charge in [0.25, 0.3) is 5.69 Å². The number of hydrogen-bond acceptors (Lipinski definition) is 3. The van der Waals surface area contributed by atoms with Crippen molar-refractivity contribution in [3.8, 4) is 0 Å². The first-order valence-corrected chi connectivity index (χ1v) is 7.49. The summed E-state index contributed by atoms with van der Waals surface area (Å²) in [5.41, 5.74) is 0.992. The average Bonchev–Trinajstić information content (AvgIpc) is 2.92. The van der Waals surface area contributed by atoms with E-state index in [-0.39, 0.29) is 33.3 Å². The van der Waals surface area contributed by atoms with Crippen LogP contribution in [0.25, 0.3) is 0 Å². The third kappa shape index (κ3) is 3.25. The number of carbonyl (C=O) groups excluding carboxylic acids is 1. The molecule has 22 heavy (non-hydrogen) atoms. The molecular formula is C15H16Cl2N2O3. The van der Waals surface area contributed by atoms with Gasteiger partial charge in [-0.2, -0.15) is 0 Å². The maximum Gasteiger partial charge on any atom is 0.269 e. The number of allylic oxidation sites excluding steroid dienone is 1. The van der Waals surface area contributed by atoms with E-state index in [1.54, 1.807) is 19.1 Å². The predicted octanol–water partition coefficient (Wildman–Crippen LogP) is 4.43. The molecule has 2 rings (SSSR count). The van der Waals surface area contributed by atoms with Crippen LogP contribution in [0.5, 0.6) is 0 Å².